The summed E-state index contributed by atoms with van der Waals surface area (Å²) in [5.74, 6) is 0.859. The third-order valence-corrected chi connectivity index (χ3v) is 1.60. The van der Waals surface area contributed by atoms with Crippen LogP contribution in [0.3, 0.4) is 0 Å². The number of hydrogen-bond acceptors (Lipinski definition) is 3. The molecule has 0 aromatic carbocycles. The molecule has 2 rings (SSSR count). The maximum absolute atomic E-state index is 4.23. The molecule has 1 aliphatic rings. The molecule has 1 N–H and O–H groups in total. The molecule has 0 saturated carbocycles. The first-order valence-corrected chi connectivity index (χ1v) is 3.67. The normalized spacial score (nSPS) is 16.3. The molecule has 4 nitrogen and oxygen atoms in total. The van der Waals surface area contributed by atoms with Gasteiger partial charge in [0, 0.05) is 12.7 Å². The van der Waals surface area contributed by atoms with Crippen molar-refractivity contribution in [1.29, 1.82) is 0 Å². The third kappa shape index (κ3) is 1.11. The van der Waals surface area contributed by atoms with Crippen LogP contribution in [-0.4, -0.2) is 28.8 Å². The summed E-state index contributed by atoms with van der Waals surface area (Å²) in [6, 6.07) is 1.96. The van der Waals surface area contributed by atoms with E-state index in [0.29, 0.717) is 0 Å². The van der Waals surface area contributed by atoms with Crippen molar-refractivity contribution in [3.05, 3.63) is 18.0 Å². The monoisotopic (exact) mass is 150 g/mol. The average molecular weight is 150 g/mol. The summed E-state index contributed by atoms with van der Waals surface area (Å²) in [6.45, 7) is 3.74. The van der Waals surface area contributed by atoms with Gasteiger partial charge in [-0.2, -0.15) is 5.10 Å². The minimum Gasteiger partial charge on any atom is -0.353 e. The standard InChI is InChI=1S/C7H10N4/c1-6-2-5-11(10-6)7-8-3-4-9-7/h2,5H,3-4H2,1H3,(H,8,9). The average Bonchev–Trinajstić information content (AvgIpc) is 2.55. The molecule has 1 aromatic heterocycles. The number of hydrogen-bond donors (Lipinski definition) is 1. The van der Waals surface area contributed by atoms with E-state index in [1.54, 1.807) is 4.68 Å². The molecular weight excluding hydrogens is 140 g/mol. The van der Waals surface area contributed by atoms with Crippen molar-refractivity contribution in [1.82, 2.24) is 15.1 Å². The van der Waals surface area contributed by atoms with Crippen molar-refractivity contribution >= 4 is 5.96 Å². The molecule has 1 aliphatic heterocycles. The van der Waals surface area contributed by atoms with Crippen LogP contribution in [0.4, 0.5) is 0 Å². The van der Waals surface area contributed by atoms with Crippen LogP contribution >= 0.6 is 0 Å². The highest BCUT2D eigenvalue weighted by atomic mass is 15.4. The van der Waals surface area contributed by atoms with Crippen LogP contribution in [0.15, 0.2) is 17.3 Å². The van der Waals surface area contributed by atoms with Crippen LogP contribution < -0.4 is 5.32 Å². The van der Waals surface area contributed by atoms with E-state index in [-0.39, 0.29) is 0 Å². The van der Waals surface area contributed by atoms with Gasteiger partial charge in [0.2, 0.25) is 5.96 Å². The maximum Gasteiger partial charge on any atom is 0.219 e. The number of aromatic nitrogens is 2. The molecule has 0 aliphatic carbocycles. The largest absolute Gasteiger partial charge is 0.353 e. The molecule has 0 unspecified atom stereocenters. The molecule has 0 fully saturated rings. The first-order chi connectivity index (χ1) is 5.36. The lowest BCUT2D eigenvalue weighted by Crippen LogP contribution is -2.26. The Hall–Kier alpha value is -1.32. The lowest BCUT2D eigenvalue weighted by molar-refractivity contribution is 0.862. The van der Waals surface area contributed by atoms with E-state index in [4.69, 9.17) is 0 Å². The number of aryl methyl sites for hydroxylation is 1. The van der Waals surface area contributed by atoms with Crippen LogP contribution in [0.2, 0.25) is 0 Å². The molecule has 58 valence electrons. The highest BCUT2D eigenvalue weighted by molar-refractivity contribution is 5.82. The lowest BCUT2D eigenvalue weighted by atomic mass is 10.5. The molecule has 1 aromatic rings. The minimum absolute atomic E-state index is 0.855. The van der Waals surface area contributed by atoms with Gasteiger partial charge in [0.05, 0.1) is 12.2 Å². The Kier molecular flexibility index (Phi) is 1.38. The Morgan fingerprint density at radius 3 is 3.09 bits per heavy atom. The minimum atomic E-state index is 0.855. The van der Waals surface area contributed by atoms with Gasteiger partial charge >= 0.3 is 0 Å². The highest BCUT2D eigenvalue weighted by Crippen LogP contribution is 1.94. The van der Waals surface area contributed by atoms with Gasteiger partial charge in [-0.3, -0.25) is 0 Å². The fourth-order valence-corrected chi connectivity index (χ4v) is 1.07. The molecule has 0 saturated heterocycles. The van der Waals surface area contributed by atoms with Crippen molar-refractivity contribution in [2.75, 3.05) is 13.1 Å². The van der Waals surface area contributed by atoms with E-state index in [2.05, 4.69) is 15.4 Å². The van der Waals surface area contributed by atoms with E-state index in [1.165, 1.54) is 0 Å². The van der Waals surface area contributed by atoms with E-state index in [9.17, 15) is 0 Å². The van der Waals surface area contributed by atoms with Gasteiger partial charge in [0.1, 0.15) is 0 Å². The van der Waals surface area contributed by atoms with Crippen molar-refractivity contribution in [2.45, 2.75) is 6.92 Å². The van der Waals surface area contributed by atoms with Gasteiger partial charge in [0.15, 0.2) is 0 Å². The number of aliphatic imine (C=N–C) groups is 1. The fraction of sp³-hybridized carbons (Fsp3) is 0.429. The van der Waals surface area contributed by atoms with Crippen LogP contribution in [0.1, 0.15) is 5.69 Å². The Morgan fingerprint density at radius 1 is 1.64 bits per heavy atom. The van der Waals surface area contributed by atoms with Gasteiger partial charge < -0.3 is 5.32 Å². The maximum atomic E-state index is 4.23. The van der Waals surface area contributed by atoms with Gasteiger partial charge in [-0.1, -0.05) is 0 Å². The predicted molar refractivity (Wildman–Crippen MR) is 42.7 cm³/mol. The second kappa shape index (κ2) is 2.38. The van der Waals surface area contributed by atoms with Gasteiger partial charge in [-0.25, -0.2) is 9.67 Å². The molecule has 11 heavy (non-hydrogen) atoms. The smallest absolute Gasteiger partial charge is 0.219 e. The first kappa shape index (κ1) is 6.39. The summed E-state index contributed by atoms with van der Waals surface area (Å²) in [7, 11) is 0. The Morgan fingerprint density at radius 2 is 2.55 bits per heavy atom. The summed E-state index contributed by atoms with van der Waals surface area (Å²) in [6.07, 6.45) is 1.91. The van der Waals surface area contributed by atoms with Crippen molar-refractivity contribution in [3.8, 4) is 0 Å². The van der Waals surface area contributed by atoms with Crippen LogP contribution in [-0.2, 0) is 0 Å². The summed E-state index contributed by atoms with van der Waals surface area (Å²) in [5.41, 5.74) is 1.02. The predicted octanol–water partition coefficient (Wildman–Crippen LogP) is -0.00118. The molecule has 4 heteroatoms. The quantitative estimate of drug-likeness (QED) is 0.565. The number of nitrogens with zero attached hydrogens (tertiary/aromatic N) is 3. The molecule has 0 atom stereocenters. The molecule has 0 radical (unpaired) electrons. The zero-order valence-electron chi connectivity index (χ0n) is 6.41. The second-order valence-corrected chi connectivity index (χ2v) is 2.53. The van der Waals surface area contributed by atoms with E-state index < -0.39 is 0 Å². The van der Waals surface area contributed by atoms with Crippen molar-refractivity contribution < 1.29 is 0 Å². The lowest BCUT2D eigenvalue weighted by Gasteiger charge is -1.99. The molecule has 2 heterocycles. The number of rotatable bonds is 0. The van der Waals surface area contributed by atoms with E-state index >= 15 is 0 Å². The first-order valence-electron chi connectivity index (χ1n) is 3.67. The van der Waals surface area contributed by atoms with Gasteiger partial charge in [-0.15, -0.1) is 0 Å². The molecular formula is C7H10N4. The van der Waals surface area contributed by atoms with Gasteiger partial charge in [0.25, 0.3) is 0 Å². The van der Waals surface area contributed by atoms with Crippen molar-refractivity contribution in [3.63, 3.8) is 0 Å². The fourth-order valence-electron chi connectivity index (χ4n) is 1.07. The molecule has 0 bridgehead atoms. The summed E-state index contributed by atoms with van der Waals surface area (Å²) in [5, 5.41) is 7.35. The van der Waals surface area contributed by atoms with Crippen molar-refractivity contribution in [2.24, 2.45) is 4.99 Å². The van der Waals surface area contributed by atoms with Crippen LogP contribution in [0.25, 0.3) is 0 Å². The zero-order valence-corrected chi connectivity index (χ0v) is 6.41. The van der Waals surface area contributed by atoms with Gasteiger partial charge in [-0.05, 0) is 13.0 Å². The Balaban J connectivity index is 2.28. The molecule has 0 amide bonds. The molecule has 0 spiro atoms. The van der Waals surface area contributed by atoms with Crippen LogP contribution in [0.5, 0.6) is 0 Å². The SMILES string of the molecule is Cc1ccn(C2=NCCN2)n1. The zero-order chi connectivity index (χ0) is 7.68. The van der Waals surface area contributed by atoms with Crippen LogP contribution in [0, 0.1) is 6.92 Å². The summed E-state index contributed by atoms with van der Waals surface area (Å²) < 4.78 is 1.77. The Bertz CT molecular complexity index is 286. The third-order valence-electron chi connectivity index (χ3n) is 1.60. The number of nitrogens with one attached hydrogen (secondary N) is 1. The topological polar surface area (TPSA) is 42.2 Å². The summed E-state index contributed by atoms with van der Waals surface area (Å²) in [4.78, 5) is 4.23. The second-order valence-electron chi connectivity index (χ2n) is 2.53. The Labute approximate surface area is 64.9 Å². The van der Waals surface area contributed by atoms with E-state index in [1.807, 2.05) is 19.2 Å². The summed E-state index contributed by atoms with van der Waals surface area (Å²) >= 11 is 0. The highest BCUT2D eigenvalue weighted by Gasteiger charge is 2.06. The van der Waals surface area contributed by atoms with E-state index in [0.717, 1.165) is 24.7 Å².